The lowest BCUT2D eigenvalue weighted by Gasteiger charge is -2.20. The third kappa shape index (κ3) is 3.22. The predicted octanol–water partition coefficient (Wildman–Crippen LogP) is 0.00800. The van der Waals surface area contributed by atoms with Gasteiger partial charge in [-0.05, 0) is 6.92 Å². The van der Waals surface area contributed by atoms with Crippen LogP contribution in [0, 0.1) is 11.8 Å². The fourth-order valence-electron chi connectivity index (χ4n) is 1.83. The maximum atomic E-state index is 11.4. The number of rotatable bonds is 3. The Labute approximate surface area is 90.2 Å². The number of hydrogen-bond acceptors (Lipinski definition) is 4. The molecule has 84 valence electrons. The lowest BCUT2D eigenvalue weighted by atomic mass is 10.2. The monoisotopic (exact) mass is 211 g/mol. The highest BCUT2D eigenvalue weighted by molar-refractivity contribution is 5.76. The van der Waals surface area contributed by atoms with Crippen molar-refractivity contribution in [2.45, 2.75) is 31.9 Å². The number of ether oxygens (including phenoxy) is 1. The number of methoxy groups -OCH3 is 1. The van der Waals surface area contributed by atoms with Crippen LogP contribution >= 0.6 is 0 Å². The third-order valence-corrected chi connectivity index (χ3v) is 2.56. The first-order chi connectivity index (χ1) is 7.19. The summed E-state index contributed by atoms with van der Waals surface area (Å²) in [7, 11) is 1.37. The van der Waals surface area contributed by atoms with Crippen molar-refractivity contribution in [1.82, 2.24) is 4.90 Å². The Morgan fingerprint density at radius 3 is 3.00 bits per heavy atom. The lowest BCUT2D eigenvalue weighted by molar-refractivity contribution is -0.145. The van der Waals surface area contributed by atoms with Gasteiger partial charge in [0.15, 0.2) is 0 Å². The summed E-state index contributed by atoms with van der Waals surface area (Å²) in [5.41, 5.74) is 0. The van der Waals surface area contributed by atoms with Crippen LogP contribution in [0.25, 0.3) is 0 Å². The van der Waals surface area contributed by atoms with Gasteiger partial charge in [0, 0.05) is 25.9 Å². The van der Waals surface area contributed by atoms with Crippen molar-refractivity contribution >= 4 is 5.97 Å². The maximum absolute atomic E-state index is 11.4. The number of β-amino-alcohol motifs (C(OH)–C–C–N with tert-alkyl or cyclic N) is 1. The fraction of sp³-hybridized carbons (Fsp3) is 0.727. The molecule has 1 saturated heterocycles. The number of hydrogen-bond donors (Lipinski definition) is 1. The van der Waals surface area contributed by atoms with Crippen LogP contribution in [0.1, 0.15) is 19.8 Å². The molecule has 1 aliphatic rings. The molecule has 0 amide bonds. The molecular formula is C11H17NO3. The van der Waals surface area contributed by atoms with E-state index >= 15 is 0 Å². The Bertz CT molecular complexity index is 279. The minimum absolute atomic E-state index is 0.268. The van der Waals surface area contributed by atoms with Gasteiger partial charge in [-0.25, -0.2) is 0 Å². The molecule has 15 heavy (non-hydrogen) atoms. The molecule has 1 heterocycles. The molecular weight excluding hydrogens is 194 g/mol. The van der Waals surface area contributed by atoms with Crippen LogP contribution in [-0.4, -0.2) is 48.3 Å². The second-order valence-electron chi connectivity index (χ2n) is 3.60. The number of likely N-dealkylation sites (tertiary alicyclic amines) is 1. The first-order valence-corrected chi connectivity index (χ1v) is 5.08. The Hall–Kier alpha value is -1.05. The van der Waals surface area contributed by atoms with Crippen LogP contribution < -0.4 is 0 Å². The van der Waals surface area contributed by atoms with Crippen LogP contribution in [0.3, 0.4) is 0 Å². The van der Waals surface area contributed by atoms with Gasteiger partial charge in [0.25, 0.3) is 0 Å². The van der Waals surface area contributed by atoms with Crippen molar-refractivity contribution < 1.29 is 14.6 Å². The molecule has 0 bridgehead atoms. The summed E-state index contributed by atoms with van der Waals surface area (Å²) in [5.74, 6) is 5.48. The molecule has 1 N–H and O–H groups in total. The first kappa shape index (κ1) is 12.0. The van der Waals surface area contributed by atoms with Crippen LogP contribution in [0.2, 0.25) is 0 Å². The van der Waals surface area contributed by atoms with E-state index in [1.165, 1.54) is 7.11 Å². The zero-order valence-corrected chi connectivity index (χ0v) is 9.19. The van der Waals surface area contributed by atoms with E-state index in [1.54, 1.807) is 6.92 Å². The SMILES string of the molecule is CC#CCCN1CC(O)CC1C(=O)OC. The van der Waals surface area contributed by atoms with Crippen molar-refractivity contribution in [3.8, 4) is 11.8 Å². The summed E-state index contributed by atoms with van der Waals surface area (Å²) in [4.78, 5) is 13.3. The minimum Gasteiger partial charge on any atom is -0.468 e. The molecule has 0 aliphatic carbocycles. The molecule has 1 aliphatic heterocycles. The van der Waals surface area contributed by atoms with Crippen molar-refractivity contribution in [2.24, 2.45) is 0 Å². The quantitative estimate of drug-likeness (QED) is 0.527. The van der Waals surface area contributed by atoms with E-state index in [4.69, 9.17) is 4.74 Å². The van der Waals surface area contributed by atoms with Crippen molar-refractivity contribution in [3.63, 3.8) is 0 Å². The van der Waals surface area contributed by atoms with Gasteiger partial charge in [-0.3, -0.25) is 9.69 Å². The molecule has 0 aromatic heterocycles. The van der Waals surface area contributed by atoms with E-state index < -0.39 is 6.10 Å². The zero-order valence-electron chi connectivity index (χ0n) is 9.19. The van der Waals surface area contributed by atoms with E-state index in [2.05, 4.69) is 11.8 Å². The number of esters is 1. The highest BCUT2D eigenvalue weighted by atomic mass is 16.5. The van der Waals surface area contributed by atoms with Gasteiger partial charge < -0.3 is 9.84 Å². The van der Waals surface area contributed by atoms with Crippen molar-refractivity contribution in [3.05, 3.63) is 0 Å². The first-order valence-electron chi connectivity index (χ1n) is 5.08. The summed E-state index contributed by atoms with van der Waals surface area (Å²) in [6.45, 7) is 3.03. The number of nitrogens with zero attached hydrogens (tertiary/aromatic N) is 1. The smallest absolute Gasteiger partial charge is 0.323 e. The van der Waals surface area contributed by atoms with Gasteiger partial charge in [-0.15, -0.1) is 11.8 Å². The van der Waals surface area contributed by atoms with Gasteiger partial charge in [-0.2, -0.15) is 0 Å². The summed E-state index contributed by atoms with van der Waals surface area (Å²) >= 11 is 0. The van der Waals surface area contributed by atoms with Gasteiger partial charge in [-0.1, -0.05) is 0 Å². The van der Waals surface area contributed by atoms with E-state index in [0.717, 1.165) is 6.42 Å². The summed E-state index contributed by atoms with van der Waals surface area (Å²) in [6, 6.07) is -0.302. The molecule has 0 aromatic rings. The third-order valence-electron chi connectivity index (χ3n) is 2.56. The second-order valence-corrected chi connectivity index (χ2v) is 3.60. The average Bonchev–Trinajstić information content (AvgIpc) is 2.59. The topological polar surface area (TPSA) is 49.8 Å². The van der Waals surface area contributed by atoms with E-state index in [9.17, 15) is 9.90 Å². The average molecular weight is 211 g/mol. The van der Waals surface area contributed by atoms with Crippen LogP contribution in [0.15, 0.2) is 0 Å². The van der Waals surface area contributed by atoms with Crippen LogP contribution in [0.4, 0.5) is 0 Å². The zero-order chi connectivity index (χ0) is 11.3. The Kier molecular flexibility index (Phi) is 4.60. The maximum Gasteiger partial charge on any atom is 0.323 e. The number of carbonyl (C=O) groups excluding carboxylic acids is 1. The number of aliphatic hydroxyl groups excluding tert-OH is 1. The molecule has 4 nitrogen and oxygen atoms in total. The van der Waals surface area contributed by atoms with Gasteiger partial charge >= 0.3 is 5.97 Å². The van der Waals surface area contributed by atoms with E-state index in [1.807, 2.05) is 4.90 Å². The summed E-state index contributed by atoms with van der Waals surface area (Å²) in [5, 5.41) is 9.49. The largest absolute Gasteiger partial charge is 0.468 e. The van der Waals surface area contributed by atoms with Crippen LogP contribution in [0.5, 0.6) is 0 Å². The minimum atomic E-state index is -0.427. The molecule has 4 heteroatoms. The Balaban J connectivity index is 2.51. The molecule has 0 aromatic carbocycles. The second kappa shape index (κ2) is 5.74. The molecule has 0 spiro atoms. The van der Waals surface area contributed by atoms with Gasteiger partial charge in [0.2, 0.25) is 0 Å². The lowest BCUT2D eigenvalue weighted by Crippen LogP contribution is -2.37. The van der Waals surface area contributed by atoms with Gasteiger partial charge in [0.1, 0.15) is 6.04 Å². The van der Waals surface area contributed by atoms with E-state index in [0.29, 0.717) is 19.5 Å². The molecule has 2 atom stereocenters. The fourth-order valence-corrected chi connectivity index (χ4v) is 1.83. The molecule has 2 unspecified atom stereocenters. The number of carbonyl (C=O) groups is 1. The highest BCUT2D eigenvalue weighted by Gasteiger charge is 2.35. The predicted molar refractivity (Wildman–Crippen MR) is 56.1 cm³/mol. The molecule has 1 rings (SSSR count). The molecule has 0 saturated carbocycles. The normalized spacial score (nSPS) is 25.8. The highest BCUT2D eigenvalue weighted by Crippen LogP contribution is 2.18. The van der Waals surface area contributed by atoms with Crippen LogP contribution in [-0.2, 0) is 9.53 Å². The van der Waals surface area contributed by atoms with Crippen molar-refractivity contribution in [1.29, 1.82) is 0 Å². The van der Waals surface area contributed by atoms with Crippen molar-refractivity contribution in [2.75, 3.05) is 20.2 Å². The summed E-state index contributed by atoms with van der Waals surface area (Å²) in [6.07, 6.45) is 0.756. The Morgan fingerprint density at radius 2 is 2.40 bits per heavy atom. The Morgan fingerprint density at radius 1 is 1.67 bits per heavy atom. The molecule has 0 radical (unpaired) electrons. The standard InChI is InChI=1S/C11H17NO3/c1-3-4-5-6-12-8-9(13)7-10(12)11(14)15-2/h9-10,13H,5-8H2,1-2H3. The van der Waals surface area contributed by atoms with Gasteiger partial charge in [0.05, 0.1) is 13.2 Å². The number of aliphatic hydroxyl groups is 1. The van der Waals surface area contributed by atoms with E-state index in [-0.39, 0.29) is 12.0 Å². The summed E-state index contributed by atoms with van der Waals surface area (Å²) < 4.78 is 4.69. The molecule has 1 fully saturated rings.